The molecule has 9 heteroatoms. The number of esters is 1. The van der Waals surface area contributed by atoms with Gasteiger partial charge in [0.2, 0.25) is 0 Å². The smallest absolute Gasteiger partial charge is 0.305 e. The summed E-state index contributed by atoms with van der Waals surface area (Å²) in [5, 5.41) is 9.93. The maximum Gasteiger partial charge on any atom is 0.305 e. The molecule has 2 aromatic carbocycles. The number of hydrogen-bond acceptors (Lipinski definition) is 6. The monoisotopic (exact) mass is 446 g/mol. The van der Waals surface area contributed by atoms with Gasteiger partial charge in [0.05, 0.1) is 18.5 Å². The molecule has 0 saturated carbocycles. The molecule has 0 N–H and O–H groups in total. The fraction of sp³-hybridized carbons (Fsp3) is 0.200. The van der Waals surface area contributed by atoms with Gasteiger partial charge in [-0.15, -0.1) is 22.8 Å². The van der Waals surface area contributed by atoms with E-state index < -0.39 is 6.04 Å². The van der Waals surface area contributed by atoms with Crippen LogP contribution >= 0.6 is 35.8 Å². The van der Waals surface area contributed by atoms with Crippen LogP contribution in [0.4, 0.5) is 0 Å². The number of methoxy groups -OCH3 is 1. The van der Waals surface area contributed by atoms with Crippen molar-refractivity contribution in [2.45, 2.75) is 24.0 Å². The molecular weight excluding hydrogens is 431 g/mol. The van der Waals surface area contributed by atoms with Crippen LogP contribution in [0.1, 0.15) is 35.8 Å². The van der Waals surface area contributed by atoms with Gasteiger partial charge in [-0.05, 0) is 30.7 Å². The van der Waals surface area contributed by atoms with E-state index in [1.807, 2.05) is 41.0 Å². The molecule has 0 spiro atoms. The summed E-state index contributed by atoms with van der Waals surface area (Å²) in [6.07, 6.45) is 0.584. The van der Waals surface area contributed by atoms with Gasteiger partial charge in [-0.1, -0.05) is 41.4 Å². The zero-order valence-corrected chi connectivity index (χ0v) is 17.7. The van der Waals surface area contributed by atoms with Crippen LogP contribution in [0.5, 0.6) is 0 Å². The molecule has 0 radical (unpaired) electrons. The number of rotatable bonds is 4. The van der Waals surface area contributed by atoms with Crippen LogP contribution in [-0.4, -0.2) is 33.6 Å². The Morgan fingerprint density at radius 3 is 2.72 bits per heavy atom. The molecule has 0 bridgehead atoms. The van der Waals surface area contributed by atoms with Crippen molar-refractivity contribution in [2.75, 3.05) is 7.11 Å². The van der Waals surface area contributed by atoms with Crippen molar-refractivity contribution in [3.8, 4) is 5.69 Å². The van der Waals surface area contributed by atoms with E-state index >= 15 is 0 Å². The summed E-state index contributed by atoms with van der Waals surface area (Å²) in [5.41, 5.74) is 3.00. The van der Waals surface area contributed by atoms with Crippen molar-refractivity contribution in [3.63, 3.8) is 0 Å². The fourth-order valence-electron chi connectivity index (χ4n) is 3.33. The first kappa shape index (κ1) is 19.9. The number of ether oxygens (including phenoxy) is 1. The Hall–Kier alpha value is -2.35. The summed E-state index contributed by atoms with van der Waals surface area (Å²) < 4.78 is 6.61. The average Bonchev–Trinajstić information content (AvgIpc) is 3.03. The predicted molar refractivity (Wildman–Crippen MR) is 115 cm³/mol. The number of benzene rings is 2. The minimum Gasteiger partial charge on any atom is -0.469 e. The lowest BCUT2D eigenvalue weighted by Crippen LogP contribution is -2.09. The number of aliphatic imine (C=N–C) groups is 1. The Labute approximate surface area is 182 Å². The topological polar surface area (TPSA) is 69.4 Å². The van der Waals surface area contributed by atoms with E-state index in [0.29, 0.717) is 33.2 Å². The second kappa shape index (κ2) is 8.18. The number of aromatic nitrogens is 3. The van der Waals surface area contributed by atoms with Gasteiger partial charge in [0.25, 0.3) is 0 Å². The number of halogens is 2. The average molecular weight is 447 g/mol. The second-order valence-corrected chi connectivity index (χ2v) is 7.69. The number of hydrogen-bond donors (Lipinski definition) is 1. The molecule has 0 aliphatic carbocycles. The maximum absolute atomic E-state index is 11.8. The molecule has 0 saturated heterocycles. The Morgan fingerprint density at radius 2 is 1.97 bits per heavy atom. The van der Waals surface area contributed by atoms with Crippen LogP contribution in [0.25, 0.3) is 5.69 Å². The van der Waals surface area contributed by atoms with Crippen LogP contribution in [-0.2, 0) is 9.53 Å². The normalized spacial score (nSPS) is 15.2. The van der Waals surface area contributed by atoms with Gasteiger partial charge >= 0.3 is 5.97 Å². The molecule has 0 unspecified atom stereocenters. The molecule has 0 amide bonds. The minimum atomic E-state index is -0.444. The van der Waals surface area contributed by atoms with Crippen LogP contribution in [0, 0.1) is 0 Å². The SMILES string of the molecule is COC(=O)CC[C@@H]1N=C(c2ccccc2Cl)c2cc(Cl)ccc2-n2c(S)nnc21. The highest BCUT2D eigenvalue weighted by Gasteiger charge is 2.29. The molecule has 4 rings (SSSR count). The first-order chi connectivity index (χ1) is 14.0. The number of carbonyl (C=O) groups excluding carboxylic acids is 1. The first-order valence-electron chi connectivity index (χ1n) is 8.83. The van der Waals surface area contributed by atoms with E-state index in [-0.39, 0.29) is 12.4 Å². The lowest BCUT2D eigenvalue weighted by Gasteiger charge is -2.13. The number of nitrogens with zero attached hydrogens (tertiary/aromatic N) is 4. The van der Waals surface area contributed by atoms with Crippen molar-refractivity contribution in [2.24, 2.45) is 4.99 Å². The predicted octanol–water partition coefficient (Wildman–Crippen LogP) is 4.71. The third-order valence-corrected chi connectivity index (χ3v) is 5.54. The number of carbonyl (C=O) groups is 1. The zero-order valence-electron chi connectivity index (χ0n) is 15.3. The molecule has 1 aliphatic rings. The first-order valence-corrected chi connectivity index (χ1v) is 10.0. The van der Waals surface area contributed by atoms with E-state index in [0.717, 1.165) is 16.8 Å². The zero-order chi connectivity index (χ0) is 20.5. The molecule has 1 atom stereocenters. The lowest BCUT2D eigenvalue weighted by molar-refractivity contribution is -0.140. The highest BCUT2D eigenvalue weighted by atomic mass is 35.5. The van der Waals surface area contributed by atoms with E-state index in [1.54, 1.807) is 6.07 Å². The molecular formula is C20H16Cl2N4O2S. The van der Waals surface area contributed by atoms with E-state index in [9.17, 15) is 4.79 Å². The van der Waals surface area contributed by atoms with Crippen molar-refractivity contribution in [3.05, 3.63) is 69.5 Å². The third-order valence-electron chi connectivity index (χ3n) is 4.69. The van der Waals surface area contributed by atoms with Crippen LogP contribution < -0.4 is 0 Å². The number of fused-ring (bicyclic) bond motifs is 3. The van der Waals surface area contributed by atoms with Gasteiger partial charge in [0.1, 0.15) is 6.04 Å². The Morgan fingerprint density at radius 1 is 1.17 bits per heavy atom. The Kier molecular flexibility index (Phi) is 5.63. The fourth-order valence-corrected chi connectivity index (χ4v) is 3.98. The van der Waals surface area contributed by atoms with E-state index in [1.165, 1.54) is 7.11 Å². The molecule has 29 heavy (non-hydrogen) atoms. The second-order valence-electron chi connectivity index (χ2n) is 6.44. The minimum absolute atomic E-state index is 0.187. The molecule has 3 aromatic rings. The van der Waals surface area contributed by atoms with Gasteiger partial charge in [-0.25, -0.2) is 0 Å². The maximum atomic E-state index is 11.8. The molecule has 2 heterocycles. The van der Waals surface area contributed by atoms with E-state index in [2.05, 4.69) is 22.8 Å². The Balaban J connectivity index is 1.96. The van der Waals surface area contributed by atoms with Crippen molar-refractivity contribution >= 4 is 47.5 Å². The highest BCUT2D eigenvalue weighted by molar-refractivity contribution is 7.80. The van der Waals surface area contributed by atoms with Gasteiger partial charge in [0, 0.05) is 27.6 Å². The molecule has 6 nitrogen and oxygen atoms in total. The summed E-state index contributed by atoms with van der Waals surface area (Å²) in [7, 11) is 1.36. The van der Waals surface area contributed by atoms with Gasteiger partial charge in [-0.2, -0.15) is 0 Å². The van der Waals surface area contributed by atoms with Crippen molar-refractivity contribution < 1.29 is 9.53 Å². The summed E-state index contributed by atoms with van der Waals surface area (Å²) in [4.78, 5) is 16.7. The van der Waals surface area contributed by atoms with Crippen molar-refractivity contribution in [1.82, 2.24) is 14.8 Å². The van der Waals surface area contributed by atoms with Gasteiger partial charge in [-0.3, -0.25) is 14.4 Å². The van der Waals surface area contributed by atoms with Crippen molar-refractivity contribution in [1.29, 1.82) is 0 Å². The van der Waals surface area contributed by atoms with Gasteiger partial charge in [0.15, 0.2) is 11.0 Å². The summed E-state index contributed by atoms with van der Waals surface area (Å²) in [6, 6.07) is 12.5. The standard InChI is InChI=1S/C20H16Cl2N4O2S/c1-28-17(27)9-7-15-19-24-25-20(29)26(19)16-8-6-11(21)10-13(16)18(23-15)12-4-2-3-5-14(12)22/h2-6,8,10,15H,7,9H2,1H3,(H,25,29)/t15-/m0/s1. The molecule has 1 aliphatic heterocycles. The van der Waals surface area contributed by atoms with Crippen LogP contribution in [0.15, 0.2) is 52.6 Å². The summed E-state index contributed by atoms with van der Waals surface area (Å²) >= 11 is 17.3. The van der Waals surface area contributed by atoms with Gasteiger partial charge < -0.3 is 4.74 Å². The van der Waals surface area contributed by atoms with Crippen LogP contribution in [0.3, 0.4) is 0 Å². The molecule has 0 fully saturated rings. The Bertz CT molecular complexity index is 1130. The molecule has 1 aromatic heterocycles. The van der Waals surface area contributed by atoms with Crippen LogP contribution in [0.2, 0.25) is 10.0 Å². The summed E-state index contributed by atoms with van der Waals surface area (Å²) in [6.45, 7) is 0. The summed E-state index contributed by atoms with van der Waals surface area (Å²) in [5.74, 6) is 0.269. The quantitative estimate of drug-likeness (QED) is 0.465. The molecule has 148 valence electrons. The van der Waals surface area contributed by atoms with E-state index in [4.69, 9.17) is 32.9 Å². The third kappa shape index (κ3) is 3.77. The largest absolute Gasteiger partial charge is 0.469 e. The number of thiol groups is 1. The highest BCUT2D eigenvalue weighted by Crippen LogP contribution is 2.36. The lowest BCUT2D eigenvalue weighted by atomic mass is 10.00.